The number of nitrogens with zero attached hydrogens (tertiary/aromatic N) is 1. The molecule has 4 nitrogen and oxygen atoms in total. The van der Waals surface area contributed by atoms with Crippen molar-refractivity contribution in [2.45, 2.75) is 39.2 Å². The number of nitrogens with one attached hydrogen (secondary N) is 1. The quantitative estimate of drug-likeness (QED) is 0.849. The van der Waals surface area contributed by atoms with Gasteiger partial charge in [0.05, 0.1) is 0 Å². The highest BCUT2D eigenvalue weighted by Crippen LogP contribution is 2.37. The Morgan fingerprint density at radius 3 is 2.80 bits per heavy atom. The lowest BCUT2D eigenvalue weighted by Gasteiger charge is -2.17. The highest BCUT2D eigenvalue weighted by atomic mass is 35.5. The van der Waals surface area contributed by atoms with Gasteiger partial charge >= 0.3 is 0 Å². The monoisotopic (exact) mass is 294 g/mol. The highest BCUT2D eigenvalue weighted by molar-refractivity contribution is 6.31. The van der Waals surface area contributed by atoms with E-state index in [4.69, 9.17) is 11.6 Å². The summed E-state index contributed by atoms with van der Waals surface area (Å²) >= 11 is 6.00. The molecule has 0 aliphatic carbocycles. The number of hydrogen-bond acceptors (Lipinski definition) is 2. The number of halogens is 1. The predicted molar refractivity (Wildman–Crippen MR) is 79.9 cm³/mol. The summed E-state index contributed by atoms with van der Waals surface area (Å²) in [6.45, 7) is 4.22. The average Bonchev–Trinajstić information content (AvgIpc) is 2.63. The number of fused-ring (bicyclic) bond motifs is 1. The van der Waals surface area contributed by atoms with Gasteiger partial charge in [0.25, 0.3) is 5.91 Å². The first-order chi connectivity index (χ1) is 9.54. The Kier molecular flexibility index (Phi) is 4.65. The highest BCUT2D eigenvalue weighted by Gasteiger charge is 2.37. The van der Waals surface area contributed by atoms with Gasteiger partial charge in [-0.2, -0.15) is 0 Å². The van der Waals surface area contributed by atoms with Crippen LogP contribution in [0.2, 0.25) is 5.02 Å². The summed E-state index contributed by atoms with van der Waals surface area (Å²) in [5.74, 6) is -0.293. The number of carbonyl (C=O) groups is 2. The van der Waals surface area contributed by atoms with E-state index in [2.05, 4.69) is 12.2 Å². The van der Waals surface area contributed by atoms with Gasteiger partial charge in [0.1, 0.15) is 6.04 Å². The van der Waals surface area contributed by atoms with Crippen LogP contribution in [0.15, 0.2) is 18.2 Å². The first-order valence-electron chi connectivity index (χ1n) is 6.92. The molecule has 1 aromatic carbocycles. The SMILES string of the molecule is CCCCCN1C(=O)[C@@H](NC(C)=O)c2cc(Cl)ccc21. The second kappa shape index (κ2) is 6.27. The Bertz CT molecular complexity index is 531. The molecule has 1 N–H and O–H groups in total. The molecule has 5 heteroatoms. The molecule has 2 amide bonds. The first kappa shape index (κ1) is 14.9. The maximum absolute atomic E-state index is 12.5. The lowest BCUT2D eigenvalue weighted by molar-refractivity contribution is -0.126. The molecule has 1 atom stereocenters. The number of unbranched alkanes of at least 4 members (excludes halogenated alkanes) is 2. The van der Waals surface area contributed by atoms with E-state index in [0.29, 0.717) is 11.6 Å². The molecule has 1 aromatic rings. The number of hydrogen-bond donors (Lipinski definition) is 1. The first-order valence-corrected chi connectivity index (χ1v) is 7.30. The number of carbonyl (C=O) groups excluding carboxylic acids is 2. The smallest absolute Gasteiger partial charge is 0.254 e. The molecule has 0 saturated heterocycles. The minimum Gasteiger partial charge on any atom is -0.341 e. The zero-order valence-electron chi connectivity index (χ0n) is 11.8. The Morgan fingerprint density at radius 1 is 1.40 bits per heavy atom. The third-order valence-electron chi connectivity index (χ3n) is 3.44. The van der Waals surface area contributed by atoms with E-state index in [9.17, 15) is 9.59 Å². The molecule has 1 heterocycles. The summed E-state index contributed by atoms with van der Waals surface area (Å²) in [5.41, 5.74) is 1.64. The van der Waals surface area contributed by atoms with Crippen LogP contribution in [0.1, 0.15) is 44.7 Å². The van der Waals surface area contributed by atoms with Gasteiger partial charge < -0.3 is 10.2 Å². The zero-order valence-corrected chi connectivity index (χ0v) is 12.5. The van der Waals surface area contributed by atoms with E-state index in [-0.39, 0.29) is 11.8 Å². The van der Waals surface area contributed by atoms with Gasteiger partial charge in [0.15, 0.2) is 0 Å². The van der Waals surface area contributed by atoms with E-state index >= 15 is 0 Å². The third kappa shape index (κ3) is 2.96. The molecule has 0 radical (unpaired) electrons. The fourth-order valence-electron chi connectivity index (χ4n) is 2.50. The van der Waals surface area contributed by atoms with Crippen LogP contribution in [-0.4, -0.2) is 18.4 Å². The van der Waals surface area contributed by atoms with Crippen molar-refractivity contribution in [1.29, 1.82) is 0 Å². The molecular weight excluding hydrogens is 276 g/mol. The van der Waals surface area contributed by atoms with Crippen molar-refractivity contribution in [2.24, 2.45) is 0 Å². The van der Waals surface area contributed by atoms with Crippen LogP contribution in [0.5, 0.6) is 0 Å². The Balaban J connectivity index is 2.28. The second-order valence-corrected chi connectivity index (χ2v) is 5.47. The molecule has 1 aliphatic heterocycles. The zero-order chi connectivity index (χ0) is 14.7. The molecule has 0 aromatic heterocycles. The van der Waals surface area contributed by atoms with E-state index in [1.807, 2.05) is 6.07 Å². The average molecular weight is 295 g/mol. The number of benzene rings is 1. The van der Waals surface area contributed by atoms with E-state index in [0.717, 1.165) is 30.5 Å². The molecule has 0 spiro atoms. The van der Waals surface area contributed by atoms with E-state index < -0.39 is 6.04 Å². The van der Waals surface area contributed by atoms with E-state index in [1.54, 1.807) is 17.0 Å². The molecule has 0 unspecified atom stereocenters. The van der Waals surface area contributed by atoms with Crippen LogP contribution in [0.4, 0.5) is 5.69 Å². The van der Waals surface area contributed by atoms with Crippen LogP contribution < -0.4 is 10.2 Å². The van der Waals surface area contributed by atoms with Gasteiger partial charge in [-0.1, -0.05) is 31.4 Å². The largest absolute Gasteiger partial charge is 0.341 e. The lowest BCUT2D eigenvalue weighted by atomic mass is 10.1. The van der Waals surface area contributed by atoms with Crippen LogP contribution in [0, 0.1) is 0 Å². The molecule has 20 heavy (non-hydrogen) atoms. The molecular formula is C15H19ClN2O2. The van der Waals surface area contributed by atoms with Crippen molar-refractivity contribution < 1.29 is 9.59 Å². The molecule has 108 valence electrons. The third-order valence-corrected chi connectivity index (χ3v) is 3.67. The fraction of sp³-hybridized carbons (Fsp3) is 0.467. The van der Waals surface area contributed by atoms with Crippen molar-refractivity contribution in [3.05, 3.63) is 28.8 Å². The molecule has 0 bridgehead atoms. The Labute approximate surface area is 124 Å². The minimum atomic E-state index is -0.608. The van der Waals surface area contributed by atoms with Crippen molar-refractivity contribution in [1.82, 2.24) is 5.32 Å². The van der Waals surface area contributed by atoms with Gasteiger partial charge in [-0.15, -0.1) is 0 Å². The predicted octanol–water partition coefficient (Wildman–Crippen LogP) is 3.05. The fourth-order valence-corrected chi connectivity index (χ4v) is 2.68. The maximum atomic E-state index is 12.5. The van der Waals surface area contributed by atoms with Gasteiger partial charge in [-0.3, -0.25) is 9.59 Å². The van der Waals surface area contributed by atoms with Crippen molar-refractivity contribution in [3.63, 3.8) is 0 Å². The summed E-state index contributed by atoms with van der Waals surface area (Å²) in [6.07, 6.45) is 3.14. The Morgan fingerprint density at radius 2 is 2.15 bits per heavy atom. The normalized spacial score (nSPS) is 17.2. The van der Waals surface area contributed by atoms with Gasteiger partial charge in [0.2, 0.25) is 5.91 Å². The van der Waals surface area contributed by atoms with Crippen molar-refractivity contribution >= 4 is 29.1 Å². The molecule has 0 fully saturated rings. The van der Waals surface area contributed by atoms with Crippen LogP contribution in [0.25, 0.3) is 0 Å². The van der Waals surface area contributed by atoms with Gasteiger partial charge in [-0.25, -0.2) is 0 Å². The molecule has 1 aliphatic rings. The van der Waals surface area contributed by atoms with Crippen LogP contribution in [-0.2, 0) is 9.59 Å². The molecule has 2 rings (SSSR count). The summed E-state index contributed by atoms with van der Waals surface area (Å²) in [7, 11) is 0. The van der Waals surface area contributed by atoms with Crippen molar-refractivity contribution in [3.8, 4) is 0 Å². The number of amides is 2. The van der Waals surface area contributed by atoms with Crippen molar-refractivity contribution in [2.75, 3.05) is 11.4 Å². The van der Waals surface area contributed by atoms with E-state index in [1.165, 1.54) is 6.92 Å². The summed E-state index contributed by atoms with van der Waals surface area (Å²) in [5, 5.41) is 3.28. The summed E-state index contributed by atoms with van der Waals surface area (Å²) in [4.78, 5) is 25.5. The van der Waals surface area contributed by atoms with Gasteiger partial charge in [-0.05, 0) is 24.6 Å². The second-order valence-electron chi connectivity index (χ2n) is 5.03. The summed E-state index contributed by atoms with van der Waals surface area (Å²) in [6, 6.07) is 4.78. The minimum absolute atomic E-state index is 0.0754. The lowest BCUT2D eigenvalue weighted by Crippen LogP contribution is -2.37. The Hall–Kier alpha value is -1.55. The maximum Gasteiger partial charge on any atom is 0.254 e. The van der Waals surface area contributed by atoms with Crippen LogP contribution >= 0.6 is 11.6 Å². The topological polar surface area (TPSA) is 49.4 Å². The summed E-state index contributed by atoms with van der Waals surface area (Å²) < 4.78 is 0. The number of rotatable bonds is 5. The van der Waals surface area contributed by atoms with Gasteiger partial charge in [0, 0.05) is 29.7 Å². The molecule has 0 saturated carbocycles. The number of anilines is 1. The van der Waals surface area contributed by atoms with Crippen LogP contribution in [0.3, 0.4) is 0 Å². The standard InChI is InChI=1S/C15H19ClN2O2/c1-3-4-5-8-18-13-7-6-11(16)9-12(13)14(15(18)20)17-10(2)19/h6-7,9,14H,3-5,8H2,1-2H3,(H,17,19)/t14-/m0/s1.